The molecule has 374 valence electrons. The Balaban J connectivity index is 0.00000456. The molecular weight excluding hydrogens is 1060 g/mol. The average molecular weight is 1120 g/mol. The molecule has 24 heteroatoms. The first-order valence-electron chi connectivity index (χ1n) is 22.7. The Bertz CT molecular complexity index is 3150. The first kappa shape index (κ1) is 68.3. The van der Waals surface area contributed by atoms with E-state index < -0.39 is 78.6 Å². The zero-order chi connectivity index (χ0) is 50.7. The molecule has 0 aromatic heterocycles. The number of aliphatic carboxylic acids is 1. The summed E-state index contributed by atoms with van der Waals surface area (Å²) >= 11 is 0. The molecule has 2 heterocycles. The minimum Gasteiger partial charge on any atom is -0.748 e. The molecule has 0 atom stereocenters. The van der Waals surface area contributed by atoms with Crippen LogP contribution in [-0.2, 0) is 62.5 Å². The van der Waals surface area contributed by atoms with E-state index >= 15 is 0 Å². The van der Waals surface area contributed by atoms with Crippen molar-refractivity contribution in [3.8, 4) is 0 Å². The number of carboxylic acids is 1. The van der Waals surface area contributed by atoms with Crippen LogP contribution in [0.15, 0.2) is 112 Å². The topological polar surface area (TPSA) is 275 Å². The molecule has 0 bridgehead atoms. The van der Waals surface area contributed by atoms with Gasteiger partial charge in [0.25, 0.3) is 0 Å². The van der Waals surface area contributed by atoms with Crippen LogP contribution in [0.3, 0.4) is 0 Å². The number of allylic oxidation sites excluding steroid dienone is 8. The van der Waals surface area contributed by atoms with Crippen LogP contribution in [0.4, 0.5) is 11.4 Å². The number of fused-ring (bicyclic) bond motifs is 2. The van der Waals surface area contributed by atoms with Gasteiger partial charge < -0.3 is 33.0 Å². The van der Waals surface area contributed by atoms with Crippen molar-refractivity contribution in [3.05, 3.63) is 124 Å². The molecule has 73 heavy (non-hydrogen) atoms. The molecule has 6 rings (SSSR count). The molecule has 0 unspecified atom stereocenters. The van der Waals surface area contributed by atoms with Gasteiger partial charge in [0.15, 0.2) is 5.71 Å². The van der Waals surface area contributed by atoms with Gasteiger partial charge in [-0.05, 0) is 148 Å². The van der Waals surface area contributed by atoms with Crippen molar-refractivity contribution < 1.29 is 185 Å². The largest absolute Gasteiger partial charge is 1.00 e. The van der Waals surface area contributed by atoms with E-state index in [1.54, 1.807) is 12.1 Å². The maximum atomic E-state index is 12.2. The molecular formula is C49H56N2Na4O14S4. The van der Waals surface area contributed by atoms with Gasteiger partial charge in [0.05, 0.1) is 35.4 Å². The third kappa shape index (κ3) is 17.9. The second-order valence-electron chi connectivity index (χ2n) is 18.8. The number of unbranched alkanes of at least 4 members (excludes halogenated alkanes) is 3. The summed E-state index contributed by atoms with van der Waals surface area (Å²) < 4.78 is 144. The number of hydrogen-bond donors (Lipinski definition) is 0. The molecule has 1 aliphatic carbocycles. The number of rotatable bonds is 21. The minimum absolute atomic E-state index is 0. The van der Waals surface area contributed by atoms with Crippen LogP contribution in [0.25, 0.3) is 5.57 Å². The van der Waals surface area contributed by atoms with Crippen LogP contribution in [0, 0.1) is 0 Å². The van der Waals surface area contributed by atoms with Crippen molar-refractivity contribution in [3.63, 3.8) is 0 Å². The minimum atomic E-state index is -4.81. The van der Waals surface area contributed by atoms with Crippen molar-refractivity contribution in [1.29, 1.82) is 0 Å². The van der Waals surface area contributed by atoms with Crippen LogP contribution < -0.4 is 128 Å². The Morgan fingerprint density at radius 3 is 1.88 bits per heavy atom. The maximum absolute atomic E-state index is 12.2. The number of anilines is 1. The number of carbonyl (C=O) groups excluding carboxylic acids is 1. The number of benzene rings is 3. The zero-order valence-corrected chi connectivity index (χ0v) is 54.2. The fraction of sp³-hybridized carbons (Fsp3) is 0.429. The molecule has 2 aliphatic heterocycles. The Morgan fingerprint density at radius 2 is 1.27 bits per heavy atom. The number of carboxylic acid groups (broad SMARTS) is 1. The molecule has 0 spiro atoms. The van der Waals surface area contributed by atoms with Crippen LogP contribution in [0.2, 0.25) is 0 Å². The number of aryl methyl sites for hydroxylation is 1. The molecule has 16 nitrogen and oxygen atoms in total. The molecule has 0 fully saturated rings. The Labute approximate surface area is 519 Å². The van der Waals surface area contributed by atoms with Gasteiger partial charge in [0.1, 0.15) is 26.8 Å². The SMILES string of the molecule is CC1(C)C(/C=C/C2=C(c3cccc(CCCCC(=O)[O-])c3)C(=C/C=C3/N(CCCCS(=O)(=O)[O-])c4ccc(S(=O)(=O)[O-])cc4C3(C)C)/CCC2)=[N+](CCCCS(=O)(=O)[O-])c2ccc(S(=O)(=O)[O-])cc21.[Na+].[Na+].[Na+].[Na+]. The van der Waals surface area contributed by atoms with Crippen molar-refractivity contribution in [2.24, 2.45) is 0 Å². The first-order chi connectivity index (χ1) is 32.1. The van der Waals surface area contributed by atoms with Gasteiger partial charge in [-0.1, -0.05) is 50.3 Å². The Kier molecular flexibility index (Phi) is 26.1. The quantitative estimate of drug-likeness (QED) is 0.0416. The molecule has 3 aromatic carbocycles. The van der Waals surface area contributed by atoms with Crippen molar-refractivity contribution in [1.82, 2.24) is 0 Å². The van der Waals surface area contributed by atoms with E-state index in [2.05, 4.69) is 6.07 Å². The van der Waals surface area contributed by atoms with E-state index in [1.807, 2.05) is 79.7 Å². The van der Waals surface area contributed by atoms with E-state index in [0.29, 0.717) is 67.4 Å². The predicted molar refractivity (Wildman–Crippen MR) is 255 cm³/mol. The van der Waals surface area contributed by atoms with E-state index in [4.69, 9.17) is 0 Å². The summed E-state index contributed by atoms with van der Waals surface area (Å²) in [5.41, 5.74) is 6.83. The van der Waals surface area contributed by atoms with Gasteiger partial charge in [0, 0.05) is 64.9 Å². The number of nitrogens with zero attached hydrogens (tertiary/aromatic N) is 2. The van der Waals surface area contributed by atoms with Crippen molar-refractivity contribution in [2.75, 3.05) is 29.5 Å². The molecule has 3 aliphatic rings. The van der Waals surface area contributed by atoms with Gasteiger partial charge in [-0.25, -0.2) is 33.7 Å². The first-order valence-corrected chi connectivity index (χ1v) is 28.7. The van der Waals surface area contributed by atoms with Gasteiger partial charge in [-0.3, -0.25) is 0 Å². The third-order valence-electron chi connectivity index (χ3n) is 13.1. The monoisotopic (exact) mass is 1120 g/mol. The number of carbonyl (C=O) groups is 1. The average Bonchev–Trinajstić information content (AvgIpc) is 3.59. The van der Waals surface area contributed by atoms with E-state index in [0.717, 1.165) is 45.7 Å². The van der Waals surface area contributed by atoms with Crippen LogP contribution in [0.1, 0.15) is 114 Å². The smallest absolute Gasteiger partial charge is 0.748 e. The summed E-state index contributed by atoms with van der Waals surface area (Å²) in [6, 6.07) is 16.3. The van der Waals surface area contributed by atoms with Crippen LogP contribution in [-0.4, -0.2) is 92.7 Å². The Hall–Kier alpha value is -0.800. The summed E-state index contributed by atoms with van der Waals surface area (Å²) in [6.07, 6.45) is 12.3. The van der Waals surface area contributed by atoms with E-state index in [-0.39, 0.29) is 151 Å². The summed E-state index contributed by atoms with van der Waals surface area (Å²) in [4.78, 5) is 12.3. The summed E-state index contributed by atoms with van der Waals surface area (Å²) in [5.74, 6) is -2.22. The predicted octanol–water partition coefficient (Wildman–Crippen LogP) is -6.20. The normalized spacial score (nSPS) is 17.5. The summed E-state index contributed by atoms with van der Waals surface area (Å²) in [5, 5.41) is 11.1. The van der Waals surface area contributed by atoms with Crippen LogP contribution >= 0.6 is 0 Å². The zero-order valence-electron chi connectivity index (χ0n) is 42.9. The standard InChI is InChI=1S/C49H60N2O14S4.4Na/c1-48(2)40-32-38(68(60,61)62)21-23-42(40)50(27-7-9-29-66(54,55)56)44(48)25-19-35-15-12-16-36(47(35)37-17-11-14-34(31-37)13-5-6-18-46(52)53)20-26-45-49(3,4)41-33-39(69(63,64)65)22-24-43(41)51(45)28-8-10-30-67(57,58)59;;;;/h11,14,17,19-26,31-33H,5-10,12-13,15-16,18,27-30H2,1-4H3,(H4-,52,53,54,55,56,57,58,59,60,61,62,63,64,65);;;;/q;4*+1/p-4. The second-order valence-corrected chi connectivity index (χ2v) is 24.6. The van der Waals surface area contributed by atoms with Crippen molar-refractivity contribution in [2.45, 2.75) is 119 Å². The molecule has 3 aromatic rings. The fourth-order valence-electron chi connectivity index (χ4n) is 9.67. The third-order valence-corrected chi connectivity index (χ3v) is 16.3. The second kappa shape index (κ2) is 27.9. The molecule has 0 saturated carbocycles. The maximum Gasteiger partial charge on any atom is 1.00 e. The van der Waals surface area contributed by atoms with Crippen molar-refractivity contribution >= 4 is 69.1 Å². The fourth-order valence-corrected chi connectivity index (χ4v) is 11.8. The Morgan fingerprint density at radius 1 is 0.671 bits per heavy atom. The number of hydrogen-bond acceptors (Lipinski definition) is 15. The van der Waals surface area contributed by atoms with Crippen LogP contribution in [0.5, 0.6) is 0 Å². The molecule has 0 N–H and O–H groups in total. The molecule has 0 saturated heterocycles. The van der Waals surface area contributed by atoms with Gasteiger partial charge in [0.2, 0.25) is 5.69 Å². The summed E-state index contributed by atoms with van der Waals surface area (Å²) in [7, 11) is -18.6. The molecule has 0 amide bonds. The summed E-state index contributed by atoms with van der Waals surface area (Å²) in [6.45, 7) is 8.15. The molecule has 0 radical (unpaired) electrons. The van der Waals surface area contributed by atoms with Gasteiger partial charge in [-0.2, -0.15) is 4.58 Å². The van der Waals surface area contributed by atoms with Gasteiger partial charge in [-0.15, -0.1) is 0 Å². The van der Waals surface area contributed by atoms with E-state index in [1.165, 1.54) is 24.3 Å². The van der Waals surface area contributed by atoms with E-state index in [9.17, 15) is 61.8 Å². The van der Waals surface area contributed by atoms with Gasteiger partial charge >= 0.3 is 118 Å².